The quantitative estimate of drug-likeness (QED) is 0.490. The van der Waals surface area contributed by atoms with Crippen molar-refractivity contribution in [1.29, 1.82) is 0 Å². The number of rotatable bonds is 9. The van der Waals surface area contributed by atoms with E-state index in [0.29, 0.717) is 23.8 Å². The molecule has 1 atom stereocenters. The molecule has 8 nitrogen and oxygen atoms in total. The van der Waals surface area contributed by atoms with Gasteiger partial charge in [0.1, 0.15) is 0 Å². The van der Waals surface area contributed by atoms with Gasteiger partial charge in [0, 0.05) is 11.3 Å². The second-order valence-electron chi connectivity index (χ2n) is 6.16. The molecule has 0 bridgehead atoms. The number of hydrogen-bond donors (Lipinski definition) is 1. The molecule has 1 N–H and O–H groups in total. The minimum absolute atomic E-state index is 0.224. The molecule has 0 aliphatic rings. The highest BCUT2D eigenvalue weighted by Gasteiger charge is 2.21. The SMILES string of the molecule is CCOc1cc(C(=O)O[C@@H](C)C(=O)c2ccc(NS(C)(=O)=O)cc2)ccc1OC. The number of ketones is 1. The van der Waals surface area contributed by atoms with Crippen LogP contribution in [0.1, 0.15) is 34.6 Å². The molecular weight excluding hydrogens is 398 g/mol. The van der Waals surface area contributed by atoms with Crippen molar-refractivity contribution < 1.29 is 32.2 Å². The number of carbonyl (C=O) groups excluding carboxylic acids is 2. The minimum atomic E-state index is -3.41. The van der Waals surface area contributed by atoms with Crippen LogP contribution >= 0.6 is 0 Å². The zero-order chi connectivity index (χ0) is 21.6. The lowest BCUT2D eigenvalue weighted by molar-refractivity contribution is 0.0318. The third-order valence-electron chi connectivity index (χ3n) is 3.82. The maximum atomic E-state index is 12.5. The summed E-state index contributed by atoms with van der Waals surface area (Å²) < 4.78 is 40.7. The third kappa shape index (κ3) is 6.21. The van der Waals surface area contributed by atoms with Gasteiger partial charge in [-0.1, -0.05) is 0 Å². The average Bonchev–Trinajstić information content (AvgIpc) is 2.67. The summed E-state index contributed by atoms with van der Waals surface area (Å²) in [6.07, 6.45) is -0.00199. The Kier molecular flexibility index (Phi) is 7.22. The lowest BCUT2D eigenvalue weighted by Gasteiger charge is -2.14. The zero-order valence-corrected chi connectivity index (χ0v) is 17.4. The molecule has 0 saturated heterocycles. The Hall–Kier alpha value is -3.07. The minimum Gasteiger partial charge on any atom is -0.493 e. The van der Waals surface area contributed by atoms with Gasteiger partial charge >= 0.3 is 5.97 Å². The van der Waals surface area contributed by atoms with Crippen molar-refractivity contribution in [2.45, 2.75) is 20.0 Å². The van der Waals surface area contributed by atoms with Gasteiger partial charge < -0.3 is 14.2 Å². The topological polar surface area (TPSA) is 108 Å². The van der Waals surface area contributed by atoms with E-state index in [1.165, 1.54) is 50.4 Å². The van der Waals surface area contributed by atoms with Gasteiger partial charge in [-0.15, -0.1) is 0 Å². The van der Waals surface area contributed by atoms with Crippen LogP contribution in [-0.4, -0.2) is 46.2 Å². The lowest BCUT2D eigenvalue weighted by Crippen LogP contribution is -2.24. The lowest BCUT2D eigenvalue weighted by atomic mass is 10.1. The van der Waals surface area contributed by atoms with E-state index in [-0.39, 0.29) is 11.1 Å². The van der Waals surface area contributed by atoms with Gasteiger partial charge in [-0.25, -0.2) is 13.2 Å². The van der Waals surface area contributed by atoms with Gasteiger partial charge in [0.15, 0.2) is 17.6 Å². The number of esters is 1. The maximum Gasteiger partial charge on any atom is 0.338 e. The maximum absolute atomic E-state index is 12.5. The third-order valence-corrected chi connectivity index (χ3v) is 4.43. The first-order chi connectivity index (χ1) is 13.6. The number of carbonyl (C=O) groups is 2. The number of benzene rings is 2. The van der Waals surface area contributed by atoms with Crippen LogP contribution in [0.2, 0.25) is 0 Å². The molecule has 0 heterocycles. The van der Waals surface area contributed by atoms with Crippen molar-refractivity contribution in [2.24, 2.45) is 0 Å². The van der Waals surface area contributed by atoms with E-state index in [4.69, 9.17) is 14.2 Å². The van der Waals surface area contributed by atoms with Crippen LogP contribution in [0.15, 0.2) is 42.5 Å². The molecule has 9 heteroatoms. The van der Waals surface area contributed by atoms with Crippen LogP contribution < -0.4 is 14.2 Å². The van der Waals surface area contributed by atoms with E-state index in [2.05, 4.69) is 4.72 Å². The molecule has 0 aromatic heterocycles. The molecule has 2 rings (SSSR count). The van der Waals surface area contributed by atoms with Crippen LogP contribution in [0, 0.1) is 0 Å². The highest BCUT2D eigenvalue weighted by Crippen LogP contribution is 2.28. The fourth-order valence-electron chi connectivity index (χ4n) is 2.51. The van der Waals surface area contributed by atoms with E-state index >= 15 is 0 Å². The molecule has 0 aliphatic carbocycles. The Balaban J connectivity index is 2.09. The summed E-state index contributed by atoms with van der Waals surface area (Å²) in [5.41, 5.74) is 0.839. The van der Waals surface area contributed by atoms with Crippen LogP contribution in [0.3, 0.4) is 0 Å². The summed E-state index contributed by atoms with van der Waals surface area (Å²) in [5.74, 6) is -0.208. The number of ether oxygens (including phenoxy) is 3. The van der Waals surface area contributed by atoms with Crippen molar-refractivity contribution >= 4 is 27.5 Å². The largest absolute Gasteiger partial charge is 0.493 e. The standard InChI is InChI=1S/C20H23NO7S/c1-5-27-18-12-15(8-11-17(18)26-3)20(23)28-13(2)19(22)14-6-9-16(10-7-14)21-29(4,24)25/h6-13,21H,5H2,1-4H3/t13-/m0/s1. The number of methoxy groups -OCH3 is 1. The van der Waals surface area contributed by atoms with E-state index in [1.54, 1.807) is 6.07 Å². The summed E-state index contributed by atoms with van der Waals surface area (Å²) in [4.78, 5) is 24.9. The Morgan fingerprint density at radius 1 is 1.03 bits per heavy atom. The molecule has 0 spiro atoms. The van der Waals surface area contributed by atoms with Crippen LogP contribution in [0.4, 0.5) is 5.69 Å². The van der Waals surface area contributed by atoms with Crippen molar-refractivity contribution in [3.8, 4) is 11.5 Å². The van der Waals surface area contributed by atoms with Gasteiger partial charge in [-0.05, 0) is 56.3 Å². The highest BCUT2D eigenvalue weighted by atomic mass is 32.2. The molecule has 0 fully saturated rings. The fraction of sp³-hybridized carbons (Fsp3) is 0.300. The van der Waals surface area contributed by atoms with Crippen molar-refractivity contribution in [3.05, 3.63) is 53.6 Å². The van der Waals surface area contributed by atoms with Crippen LogP contribution in [-0.2, 0) is 14.8 Å². The van der Waals surface area contributed by atoms with Gasteiger partial charge in [-0.2, -0.15) is 0 Å². The molecule has 2 aromatic carbocycles. The first-order valence-corrected chi connectivity index (χ1v) is 10.7. The Morgan fingerprint density at radius 3 is 2.21 bits per heavy atom. The summed E-state index contributed by atoms with van der Waals surface area (Å²) in [7, 11) is -1.92. The van der Waals surface area contributed by atoms with Crippen molar-refractivity contribution in [2.75, 3.05) is 24.7 Å². The van der Waals surface area contributed by atoms with Gasteiger partial charge in [0.2, 0.25) is 15.8 Å². The summed E-state index contributed by atoms with van der Waals surface area (Å²) in [6, 6.07) is 10.4. The molecule has 0 radical (unpaired) electrons. The second kappa shape index (κ2) is 9.42. The summed E-state index contributed by atoms with van der Waals surface area (Å²) in [6.45, 7) is 3.67. The average molecular weight is 421 g/mol. The molecule has 0 saturated carbocycles. The van der Waals surface area contributed by atoms with E-state index < -0.39 is 27.9 Å². The van der Waals surface area contributed by atoms with Crippen molar-refractivity contribution in [3.63, 3.8) is 0 Å². The first kappa shape index (κ1) is 22.2. The Bertz CT molecular complexity index is 984. The normalized spacial score (nSPS) is 12.0. The Labute approximate surface area is 169 Å². The van der Waals surface area contributed by atoms with Crippen molar-refractivity contribution in [1.82, 2.24) is 0 Å². The van der Waals surface area contributed by atoms with Crippen LogP contribution in [0.25, 0.3) is 0 Å². The summed E-state index contributed by atoms with van der Waals surface area (Å²) >= 11 is 0. The van der Waals surface area contributed by atoms with Gasteiger partial charge in [0.25, 0.3) is 0 Å². The van der Waals surface area contributed by atoms with Gasteiger partial charge in [-0.3, -0.25) is 9.52 Å². The number of anilines is 1. The number of hydrogen-bond acceptors (Lipinski definition) is 7. The van der Waals surface area contributed by atoms with E-state index in [9.17, 15) is 18.0 Å². The number of Topliss-reactive ketones (excluding diaryl/α,β-unsaturated/α-hetero) is 1. The first-order valence-electron chi connectivity index (χ1n) is 8.78. The smallest absolute Gasteiger partial charge is 0.338 e. The molecular formula is C20H23NO7S. The molecule has 156 valence electrons. The van der Waals surface area contributed by atoms with E-state index in [0.717, 1.165) is 6.26 Å². The van der Waals surface area contributed by atoms with Crippen LogP contribution in [0.5, 0.6) is 11.5 Å². The fourth-order valence-corrected chi connectivity index (χ4v) is 3.07. The molecule has 0 unspecified atom stereocenters. The highest BCUT2D eigenvalue weighted by molar-refractivity contribution is 7.92. The predicted molar refractivity (Wildman–Crippen MR) is 108 cm³/mol. The summed E-state index contributed by atoms with van der Waals surface area (Å²) in [5, 5.41) is 0. The molecule has 0 aliphatic heterocycles. The molecule has 2 aromatic rings. The monoisotopic (exact) mass is 421 g/mol. The van der Waals surface area contributed by atoms with Gasteiger partial charge in [0.05, 0.1) is 25.5 Å². The number of nitrogens with one attached hydrogen (secondary N) is 1. The molecule has 29 heavy (non-hydrogen) atoms. The zero-order valence-electron chi connectivity index (χ0n) is 16.6. The van der Waals surface area contributed by atoms with E-state index in [1.807, 2.05) is 6.92 Å². The predicted octanol–water partition coefficient (Wildman–Crippen LogP) is 2.89. The second-order valence-corrected chi connectivity index (χ2v) is 7.91. The number of sulfonamides is 1. The Morgan fingerprint density at radius 2 is 1.66 bits per heavy atom. The molecule has 0 amide bonds.